The van der Waals surface area contributed by atoms with Crippen molar-refractivity contribution in [3.05, 3.63) is 94.5 Å². The van der Waals surface area contributed by atoms with E-state index in [9.17, 15) is 19.5 Å². The lowest BCUT2D eigenvalue weighted by molar-refractivity contribution is -0.143. The number of phenolic OH excluding ortho intramolecular Hbond substituents is 1. The molecule has 0 bridgehead atoms. The second kappa shape index (κ2) is 14.2. The van der Waals surface area contributed by atoms with Crippen molar-refractivity contribution in [2.75, 3.05) is 5.32 Å². The molecule has 0 aliphatic heterocycles. The Bertz CT molecular complexity index is 1430. The molecule has 0 aliphatic carbocycles. The van der Waals surface area contributed by atoms with Crippen molar-refractivity contribution in [3.8, 4) is 5.75 Å². The van der Waals surface area contributed by atoms with Crippen LogP contribution in [0.2, 0.25) is 0 Å². The second-order valence-corrected chi connectivity index (χ2v) is 12.1. The van der Waals surface area contributed by atoms with Crippen LogP contribution in [0.25, 0.3) is 0 Å². The molecule has 0 heterocycles. The fraction of sp³-hybridized carbons (Fsp3) is 0.400. The number of alkyl carbamates (subject to hydrolysis) is 1. The zero-order chi connectivity index (χ0) is 31.9. The summed E-state index contributed by atoms with van der Waals surface area (Å²) in [6, 6.07) is 17.4. The molecule has 3 N–H and O–H groups in total. The van der Waals surface area contributed by atoms with E-state index in [-0.39, 0.29) is 24.1 Å². The van der Waals surface area contributed by atoms with Gasteiger partial charge in [0, 0.05) is 18.2 Å². The topological polar surface area (TPSA) is 108 Å². The minimum atomic E-state index is -1.05. The summed E-state index contributed by atoms with van der Waals surface area (Å²) in [6.45, 7) is 14.9. The second-order valence-electron chi connectivity index (χ2n) is 12.1. The van der Waals surface area contributed by atoms with E-state index in [2.05, 4.69) is 10.6 Å². The largest absolute Gasteiger partial charge is 0.508 e. The Morgan fingerprint density at radius 3 is 2.16 bits per heavy atom. The Hall–Kier alpha value is -4.33. The lowest BCUT2D eigenvalue weighted by atomic mass is 9.94. The van der Waals surface area contributed by atoms with Gasteiger partial charge in [0.25, 0.3) is 5.91 Å². The maximum atomic E-state index is 14.7. The summed E-state index contributed by atoms with van der Waals surface area (Å²) in [5.74, 6) is -0.676. The van der Waals surface area contributed by atoms with Crippen molar-refractivity contribution < 1.29 is 24.2 Å². The Labute approximate surface area is 255 Å². The highest BCUT2D eigenvalue weighted by Crippen LogP contribution is 2.31. The molecule has 0 fully saturated rings. The van der Waals surface area contributed by atoms with Gasteiger partial charge in [-0.2, -0.15) is 0 Å². The summed E-state index contributed by atoms with van der Waals surface area (Å²) in [4.78, 5) is 43.5. The van der Waals surface area contributed by atoms with Crippen LogP contribution in [0.15, 0.2) is 66.7 Å². The van der Waals surface area contributed by atoms with Crippen molar-refractivity contribution in [2.24, 2.45) is 0 Å². The molecule has 0 saturated heterocycles. The third kappa shape index (κ3) is 9.08. The Morgan fingerprint density at radius 1 is 0.930 bits per heavy atom. The maximum absolute atomic E-state index is 14.7. The number of aryl methyl sites for hydroxylation is 3. The van der Waals surface area contributed by atoms with Gasteiger partial charge >= 0.3 is 6.09 Å². The number of phenols is 1. The highest BCUT2D eigenvalue weighted by Gasteiger charge is 2.39. The van der Waals surface area contributed by atoms with E-state index in [1.54, 1.807) is 37.8 Å². The average Bonchev–Trinajstić information content (AvgIpc) is 2.92. The minimum Gasteiger partial charge on any atom is -0.508 e. The van der Waals surface area contributed by atoms with Crippen LogP contribution >= 0.6 is 0 Å². The molecule has 8 heteroatoms. The monoisotopic (exact) mass is 587 g/mol. The first-order valence-electron chi connectivity index (χ1n) is 14.7. The Balaban J connectivity index is 2.13. The summed E-state index contributed by atoms with van der Waals surface area (Å²) in [5, 5.41) is 15.6. The fourth-order valence-corrected chi connectivity index (χ4v) is 4.96. The third-order valence-electron chi connectivity index (χ3n) is 7.33. The SMILES string of the molecule is CCC(C)N(C(=O)C(Cc1ccc(O)cc1)NC(=O)OC(C)(C)C)C(C(=O)Nc1ccccc1C)c1ccc(C)cc1C. The summed E-state index contributed by atoms with van der Waals surface area (Å²) < 4.78 is 5.52. The molecule has 3 amide bonds. The smallest absolute Gasteiger partial charge is 0.408 e. The van der Waals surface area contributed by atoms with Crippen LogP contribution < -0.4 is 10.6 Å². The zero-order valence-corrected chi connectivity index (χ0v) is 26.5. The Morgan fingerprint density at radius 2 is 1.58 bits per heavy atom. The number of carbonyl (C=O) groups excluding carboxylic acids is 3. The van der Waals surface area contributed by atoms with Gasteiger partial charge < -0.3 is 25.4 Å². The van der Waals surface area contributed by atoms with Gasteiger partial charge in [-0.25, -0.2) is 4.79 Å². The van der Waals surface area contributed by atoms with Crippen molar-refractivity contribution in [1.82, 2.24) is 10.2 Å². The van der Waals surface area contributed by atoms with Crippen molar-refractivity contribution in [3.63, 3.8) is 0 Å². The van der Waals surface area contributed by atoms with Crippen LogP contribution in [0, 0.1) is 20.8 Å². The summed E-state index contributed by atoms with van der Waals surface area (Å²) in [6.07, 6.45) is -0.0332. The zero-order valence-electron chi connectivity index (χ0n) is 26.5. The minimum absolute atomic E-state index is 0.0933. The van der Waals surface area contributed by atoms with Gasteiger partial charge in [-0.05, 0) is 95.3 Å². The predicted octanol–water partition coefficient (Wildman–Crippen LogP) is 6.76. The molecule has 230 valence electrons. The van der Waals surface area contributed by atoms with Crippen LogP contribution in [0.1, 0.15) is 74.9 Å². The van der Waals surface area contributed by atoms with E-state index in [0.717, 1.165) is 22.3 Å². The first-order chi connectivity index (χ1) is 20.2. The quantitative estimate of drug-likeness (QED) is 0.243. The summed E-state index contributed by atoms with van der Waals surface area (Å²) in [5.41, 5.74) is 4.12. The molecule has 0 spiro atoms. The third-order valence-corrected chi connectivity index (χ3v) is 7.33. The van der Waals surface area contributed by atoms with Crippen LogP contribution in [0.5, 0.6) is 5.75 Å². The van der Waals surface area contributed by atoms with Gasteiger partial charge in [0.2, 0.25) is 5.91 Å². The van der Waals surface area contributed by atoms with Crippen molar-refractivity contribution >= 4 is 23.6 Å². The molecule has 43 heavy (non-hydrogen) atoms. The van der Waals surface area contributed by atoms with Gasteiger partial charge in [-0.15, -0.1) is 0 Å². The first-order valence-corrected chi connectivity index (χ1v) is 14.7. The lowest BCUT2D eigenvalue weighted by Gasteiger charge is -2.39. The fourth-order valence-electron chi connectivity index (χ4n) is 4.96. The number of hydrogen-bond donors (Lipinski definition) is 3. The molecule has 0 saturated carbocycles. The van der Waals surface area contributed by atoms with Crippen LogP contribution in [0.4, 0.5) is 10.5 Å². The number of ether oxygens (including phenoxy) is 1. The molecule has 3 rings (SSSR count). The number of rotatable bonds is 10. The standard InChI is InChI=1S/C35H45N3O5/c1-9-25(5)38(33(41)30(37-34(42)43-35(6,7)8)21-26-15-17-27(39)18-16-26)31(28-19-14-22(2)20-24(28)4)32(40)36-29-13-11-10-12-23(29)3/h10-20,25,30-31,39H,9,21H2,1-8H3,(H,36,40)(H,37,42). The van der Waals surface area contributed by atoms with Crippen LogP contribution in [-0.2, 0) is 20.7 Å². The number of benzene rings is 3. The highest BCUT2D eigenvalue weighted by atomic mass is 16.6. The number of amides is 3. The normalized spacial score (nSPS) is 13.4. The average molecular weight is 588 g/mol. The van der Waals surface area contributed by atoms with Gasteiger partial charge in [0.15, 0.2) is 0 Å². The molecule has 0 aliphatic rings. The van der Waals surface area contributed by atoms with Gasteiger partial charge in [0.05, 0.1) is 0 Å². The van der Waals surface area contributed by atoms with Crippen molar-refractivity contribution in [2.45, 2.75) is 92.0 Å². The highest BCUT2D eigenvalue weighted by molar-refractivity contribution is 5.99. The molecule has 3 aromatic rings. The molecular weight excluding hydrogens is 542 g/mol. The van der Waals surface area contributed by atoms with Crippen LogP contribution in [-0.4, -0.2) is 45.6 Å². The number of aromatic hydroxyl groups is 1. The van der Waals surface area contributed by atoms with Crippen LogP contribution in [0.3, 0.4) is 0 Å². The molecular formula is C35H45N3O5. The van der Waals surface area contributed by atoms with E-state index in [1.807, 2.05) is 77.1 Å². The van der Waals surface area contributed by atoms with Gasteiger partial charge in [-0.3, -0.25) is 9.59 Å². The van der Waals surface area contributed by atoms with E-state index >= 15 is 0 Å². The van der Waals surface area contributed by atoms with Crippen molar-refractivity contribution in [1.29, 1.82) is 0 Å². The molecule has 3 unspecified atom stereocenters. The van der Waals surface area contributed by atoms with Gasteiger partial charge in [0.1, 0.15) is 23.4 Å². The Kier molecular flexibility index (Phi) is 11.0. The lowest BCUT2D eigenvalue weighted by Crippen LogP contribution is -2.55. The number of hydrogen-bond acceptors (Lipinski definition) is 5. The number of para-hydroxylation sites is 1. The maximum Gasteiger partial charge on any atom is 0.408 e. The van der Waals surface area contributed by atoms with E-state index in [0.29, 0.717) is 17.7 Å². The molecule has 3 aromatic carbocycles. The van der Waals surface area contributed by atoms with E-state index < -0.39 is 29.7 Å². The van der Waals surface area contributed by atoms with Gasteiger partial charge in [-0.1, -0.05) is 61.0 Å². The van der Waals surface area contributed by atoms with E-state index in [1.165, 1.54) is 12.1 Å². The number of nitrogens with one attached hydrogen (secondary N) is 2. The number of anilines is 1. The molecule has 0 aromatic heterocycles. The number of nitrogens with zero attached hydrogens (tertiary/aromatic N) is 1. The molecule has 3 atom stereocenters. The molecule has 0 radical (unpaired) electrons. The summed E-state index contributed by atoms with van der Waals surface area (Å²) >= 11 is 0. The first kappa shape index (κ1) is 33.2. The number of carbonyl (C=O) groups is 3. The molecule has 8 nitrogen and oxygen atoms in total. The predicted molar refractivity (Wildman–Crippen MR) is 170 cm³/mol. The van der Waals surface area contributed by atoms with E-state index in [4.69, 9.17) is 4.74 Å². The summed E-state index contributed by atoms with van der Waals surface area (Å²) in [7, 11) is 0.